The van der Waals surface area contributed by atoms with E-state index in [0.717, 1.165) is 23.5 Å². The summed E-state index contributed by atoms with van der Waals surface area (Å²) in [5.41, 5.74) is 1.49. The Balaban J connectivity index is 1.68. The first-order valence-electron chi connectivity index (χ1n) is 7.64. The number of halogens is 2. The van der Waals surface area contributed by atoms with Crippen molar-refractivity contribution in [3.05, 3.63) is 45.2 Å². The van der Waals surface area contributed by atoms with Crippen LogP contribution in [0.25, 0.3) is 0 Å². The van der Waals surface area contributed by atoms with Gasteiger partial charge in [-0.3, -0.25) is 10.2 Å². The van der Waals surface area contributed by atoms with E-state index in [1.807, 2.05) is 0 Å². The van der Waals surface area contributed by atoms with E-state index in [0.29, 0.717) is 35.4 Å². The average molecular weight is 370 g/mol. The van der Waals surface area contributed by atoms with E-state index in [9.17, 15) is 9.18 Å². The van der Waals surface area contributed by atoms with Crippen LogP contribution in [0.15, 0.2) is 18.2 Å². The van der Waals surface area contributed by atoms with Gasteiger partial charge in [-0.15, -0.1) is 0 Å². The Morgan fingerprint density at radius 1 is 1.54 bits per heavy atom. The maximum Gasteiger partial charge on any atom is 0.413 e. The molecular formula is C16H17ClFN3O2S. The molecule has 3 rings (SSSR count). The maximum absolute atomic E-state index is 13.9. The number of carbonyl (C=O) groups is 1. The maximum atomic E-state index is 13.9. The number of anilines is 1. The van der Waals surface area contributed by atoms with Gasteiger partial charge in [0.05, 0.1) is 12.3 Å². The third kappa shape index (κ3) is 3.85. The average Bonchev–Trinajstić information content (AvgIpc) is 2.92. The highest BCUT2D eigenvalue weighted by atomic mass is 35.5. The number of aromatic nitrogens is 1. The SMILES string of the molecule is CCOC(=O)Nc1nc2c(s1)CN(Cc1c(F)cccc1Cl)CC2. The Kier molecular flexibility index (Phi) is 5.33. The molecule has 1 aliphatic heterocycles. The van der Waals surface area contributed by atoms with Crippen LogP contribution in [0.2, 0.25) is 5.02 Å². The highest BCUT2D eigenvalue weighted by Crippen LogP contribution is 2.30. The minimum absolute atomic E-state index is 0.290. The van der Waals surface area contributed by atoms with Crippen molar-refractivity contribution in [3.8, 4) is 0 Å². The van der Waals surface area contributed by atoms with Gasteiger partial charge in [0, 0.05) is 41.5 Å². The Hall–Kier alpha value is -1.70. The molecule has 0 saturated heterocycles. The summed E-state index contributed by atoms with van der Waals surface area (Å²) in [4.78, 5) is 19.1. The van der Waals surface area contributed by atoms with E-state index in [1.165, 1.54) is 17.4 Å². The van der Waals surface area contributed by atoms with Gasteiger partial charge in [-0.1, -0.05) is 29.0 Å². The van der Waals surface area contributed by atoms with E-state index in [4.69, 9.17) is 16.3 Å². The lowest BCUT2D eigenvalue weighted by Crippen LogP contribution is -2.29. The molecule has 1 aliphatic rings. The van der Waals surface area contributed by atoms with Gasteiger partial charge >= 0.3 is 6.09 Å². The minimum atomic E-state index is -0.501. The van der Waals surface area contributed by atoms with Crippen molar-refractivity contribution in [1.29, 1.82) is 0 Å². The molecule has 5 nitrogen and oxygen atoms in total. The Labute approximate surface area is 148 Å². The predicted octanol–water partition coefficient (Wildman–Crippen LogP) is 4.06. The van der Waals surface area contributed by atoms with Crippen molar-refractivity contribution in [3.63, 3.8) is 0 Å². The number of ether oxygens (including phenoxy) is 1. The molecule has 0 saturated carbocycles. The monoisotopic (exact) mass is 369 g/mol. The summed E-state index contributed by atoms with van der Waals surface area (Å²) >= 11 is 7.52. The molecule has 0 bridgehead atoms. The fraction of sp³-hybridized carbons (Fsp3) is 0.375. The topological polar surface area (TPSA) is 54.5 Å². The Bertz CT molecular complexity index is 733. The van der Waals surface area contributed by atoms with Gasteiger partial charge in [-0.2, -0.15) is 0 Å². The van der Waals surface area contributed by atoms with Crippen LogP contribution in [0.4, 0.5) is 14.3 Å². The number of thiazole rings is 1. The molecule has 24 heavy (non-hydrogen) atoms. The van der Waals surface area contributed by atoms with Crippen LogP contribution in [0.1, 0.15) is 23.1 Å². The molecule has 1 aromatic carbocycles. The number of benzene rings is 1. The summed E-state index contributed by atoms with van der Waals surface area (Å²) in [5.74, 6) is -0.290. The molecule has 2 aromatic rings. The largest absolute Gasteiger partial charge is 0.450 e. The molecule has 0 radical (unpaired) electrons. The molecule has 1 amide bonds. The number of nitrogens with one attached hydrogen (secondary N) is 1. The first-order chi connectivity index (χ1) is 11.6. The highest BCUT2D eigenvalue weighted by molar-refractivity contribution is 7.15. The first-order valence-corrected chi connectivity index (χ1v) is 8.84. The zero-order valence-electron chi connectivity index (χ0n) is 13.1. The number of amides is 1. The standard InChI is InChI=1S/C16H17ClFN3O2S/c1-2-23-16(22)20-15-19-13-6-7-21(9-14(13)24-15)8-10-11(17)4-3-5-12(10)18/h3-5H,2,6-9H2,1H3,(H,19,20,22). The second-order valence-electron chi connectivity index (χ2n) is 5.40. The first kappa shape index (κ1) is 17.1. The second kappa shape index (κ2) is 7.46. The summed E-state index contributed by atoms with van der Waals surface area (Å²) < 4.78 is 18.8. The van der Waals surface area contributed by atoms with Crippen LogP contribution in [0, 0.1) is 5.82 Å². The number of rotatable bonds is 4. The van der Waals surface area contributed by atoms with Crippen LogP contribution < -0.4 is 5.32 Å². The fourth-order valence-electron chi connectivity index (χ4n) is 2.60. The number of nitrogens with zero attached hydrogens (tertiary/aromatic N) is 2. The summed E-state index contributed by atoms with van der Waals surface area (Å²) in [6, 6.07) is 4.72. The van der Waals surface area contributed by atoms with Crippen molar-refractivity contribution >= 4 is 34.2 Å². The molecule has 0 fully saturated rings. The smallest absolute Gasteiger partial charge is 0.413 e. The molecule has 2 heterocycles. The van der Waals surface area contributed by atoms with Gasteiger partial charge in [-0.25, -0.2) is 14.2 Å². The Morgan fingerprint density at radius 2 is 2.38 bits per heavy atom. The van der Waals surface area contributed by atoms with Crippen LogP contribution in [-0.4, -0.2) is 29.1 Å². The highest BCUT2D eigenvalue weighted by Gasteiger charge is 2.23. The molecule has 0 unspecified atom stereocenters. The number of hydrogen-bond donors (Lipinski definition) is 1. The third-order valence-electron chi connectivity index (χ3n) is 3.74. The van der Waals surface area contributed by atoms with Crippen LogP contribution >= 0.6 is 22.9 Å². The van der Waals surface area contributed by atoms with Gasteiger partial charge in [-0.05, 0) is 19.1 Å². The van der Waals surface area contributed by atoms with Gasteiger partial charge in [0.2, 0.25) is 0 Å². The lowest BCUT2D eigenvalue weighted by molar-refractivity contribution is 0.168. The zero-order chi connectivity index (χ0) is 17.1. The van der Waals surface area contributed by atoms with E-state index in [2.05, 4.69) is 15.2 Å². The van der Waals surface area contributed by atoms with E-state index >= 15 is 0 Å². The molecular weight excluding hydrogens is 353 g/mol. The van der Waals surface area contributed by atoms with E-state index in [1.54, 1.807) is 19.1 Å². The summed E-state index contributed by atoms with van der Waals surface area (Å²) in [6.07, 6.45) is 0.251. The van der Waals surface area contributed by atoms with E-state index < -0.39 is 6.09 Å². The number of carbonyl (C=O) groups excluding carboxylic acids is 1. The molecule has 0 atom stereocenters. The molecule has 8 heteroatoms. The molecule has 128 valence electrons. The molecule has 1 aromatic heterocycles. The van der Waals surface area contributed by atoms with Gasteiger partial charge in [0.1, 0.15) is 5.82 Å². The lowest BCUT2D eigenvalue weighted by atomic mass is 10.1. The van der Waals surface area contributed by atoms with Crippen molar-refractivity contribution in [2.45, 2.75) is 26.4 Å². The van der Waals surface area contributed by atoms with Gasteiger partial charge < -0.3 is 4.74 Å². The lowest BCUT2D eigenvalue weighted by Gasteiger charge is -2.26. The number of hydrogen-bond acceptors (Lipinski definition) is 5. The van der Waals surface area contributed by atoms with Crippen LogP contribution in [0.5, 0.6) is 0 Å². The Morgan fingerprint density at radius 3 is 3.12 bits per heavy atom. The molecule has 1 N–H and O–H groups in total. The molecule has 0 spiro atoms. The zero-order valence-corrected chi connectivity index (χ0v) is 14.7. The summed E-state index contributed by atoms with van der Waals surface area (Å²) in [7, 11) is 0. The van der Waals surface area contributed by atoms with Gasteiger partial charge in [0.15, 0.2) is 5.13 Å². The molecule has 0 aliphatic carbocycles. The fourth-order valence-corrected chi connectivity index (χ4v) is 3.86. The quantitative estimate of drug-likeness (QED) is 0.882. The normalized spacial score (nSPS) is 14.3. The summed E-state index contributed by atoms with van der Waals surface area (Å²) in [5, 5.41) is 3.60. The van der Waals surface area contributed by atoms with Crippen LogP contribution in [0.3, 0.4) is 0 Å². The van der Waals surface area contributed by atoms with Crippen molar-refractivity contribution in [1.82, 2.24) is 9.88 Å². The third-order valence-corrected chi connectivity index (χ3v) is 5.09. The number of fused-ring (bicyclic) bond motifs is 1. The van der Waals surface area contributed by atoms with E-state index in [-0.39, 0.29) is 5.82 Å². The van der Waals surface area contributed by atoms with Crippen molar-refractivity contribution in [2.24, 2.45) is 0 Å². The van der Waals surface area contributed by atoms with Crippen LogP contribution in [-0.2, 0) is 24.2 Å². The summed E-state index contributed by atoms with van der Waals surface area (Å²) in [6.45, 7) is 3.93. The van der Waals surface area contributed by atoms with Crippen molar-refractivity contribution in [2.75, 3.05) is 18.5 Å². The second-order valence-corrected chi connectivity index (χ2v) is 6.89. The van der Waals surface area contributed by atoms with Gasteiger partial charge in [0.25, 0.3) is 0 Å². The predicted molar refractivity (Wildman–Crippen MR) is 92.0 cm³/mol. The minimum Gasteiger partial charge on any atom is -0.450 e. The van der Waals surface area contributed by atoms with Crippen molar-refractivity contribution < 1.29 is 13.9 Å².